The van der Waals surface area contributed by atoms with Gasteiger partial charge in [0.1, 0.15) is 5.75 Å². The van der Waals surface area contributed by atoms with Crippen LogP contribution in [0.1, 0.15) is 23.1 Å². The lowest BCUT2D eigenvalue weighted by Crippen LogP contribution is -2.20. The van der Waals surface area contributed by atoms with Crippen molar-refractivity contribution in [3.8, 4) is 5.75 Å². The lowest BCUT2D eigenvalue weighted by Gasteiger charge is -2.23. The first kappa shape index (κ1) is 13.1. The Balaban J connectivity index is 2.33. The van der Waals surface area contributed by atoms with Gasteiger partial charge >= 0.3 is 0 Å². The van der Waals surface area contributed by atoms with Gasteiger partial charge in [0.05, 0.1) is 13.2 Å². The zero-order valence-corrected chi connectivity index (χ0v) is 11.1. The minimum Gasteiger partial charge on any atom is -0.496 e. The van der Waals surface area contributed by atoms with Gasteiger partial charge in [-0.3, -0.25) is 0 Å². The van der Waals surface area contributed by atoms with Crippen LogP contribution in [-0.4, -0.2) is 18.8 Å². The minimum atomic E-state index is -0.599. The van der Waals surface area contributed by atoms with Gasteiger partial charge < -0.3 is 15.6 Å². The number of aliphatic hydroxyl groups excluding tert-OH is 1. The lowest BCUT2D eigenvalue weighted by atomic mass is 9.90. The summed E-state index contributed by atoms with van der Waals surface area (Å²) in [6, 6.07) is 9.60. The van der Waals surface area contributed by atoms with Crippen molar-refractivity contribution >= 4 is 11.3 Å². The van der Waals surface area contributed by atoms with Crippen LogP contribution >= 0.6 is 11.3 Å². The number of nitrogens with two attached hydrogens (primary N) is 1. The number of methoxy groups -OCH3 is 1. The van der Waals surface area contributed by atoms with Crippen molar-refractivity contribution in [2.75, 3.05) is 13.7 Å². The molecule has 0 aliphatic carbocycles. The standard InChI is InChI=1S/C14H17NO2S/c1-17-13-5-3-2-4-11(13)12(8-15)14(16)10-6-7-18-9-10/h2-7,9,12,14,16H,8,15H2,1H3. The van der Waals surface area contributed by atoms with Crippen molar-refractivity contribution < 1.29 is 9.84 Å². The Morgan fingerprint density at radius 1 is 1.33 bits per heavy atom. The normalized spacial score (nSPS) is 14.2. The van der Waals surface area contributed by atoms with Gasteiger partial charge in [-0.1, -0.05) is 18.2 Å². The molecular weight excluding hydrogens is 246 g/mol. The number of para-hydroxylation sites is 1. The van der Waals surface area contributed by atoms with Crippen molar-refractivity contribution in [1.29, 1.82) is 0 Å². The molecule has 1 heterocycles. The maximum Gasteiger partial charge on any atom is 0.122 e. The first-order valence-electron chi connectivity index (χ1n) is 5.81. The zero-order chi connectivity index (χ0) is 13.0. The number of aliphatic hydroxyl groups is 1. The summed E-state index contributed by atoms with van der Waals surface area (Å²) in [4.78, 5) is 0. The third kappa shape index (κ3) is 2.56. The largest absolute Gasteiger partial charge is 0.496 e. The molecule has 0 aliphatic heterocycles. The van der Waals surface area contributed by atoms with Crippen molar-refractivity contribution in [1.82, 2.24) is 0 Å². The Bertz CT molecular complexity index is 484. The van der Waals surface area contributed by atoms with E-state index in [1.807, 2.05) is 41.1 Å². The van der Waals surface area contributed by atoms with Gasteiger partial charge in [0.15, 0.2) is 0 Å². The highest BCUT2D eigenvalue weighted by Gasteiger charge is 2.24. The highest BCUT2D eigenvalue weighted by atomic mass is 32.1. The Morgan fingerprint density at radius 2 is 2.11 bits per heavy atom. The van der Waals surface area contributed by atoms with Gasteiger partial charge in [-0.25, -0.2) is 0 Å². The molecule has 0 spiro atoms. The summed E-state index contributed by atoms with van der Waals surface area (Å²) >= 11 is 1.57. The molecule has 3 N–H and O–H groups in total. The molecule has 0 saturated heterocycles. The number of hydrogen-bond acceptors (Lipinski definition) is 4. The SMILES string of the molecule is COc1ccccc1C(CN)C(O)c1ccsc1. The lowest BCUT2D eigenvalue weighted by molar-refractivity contribution is 0.146. The molecule has 2 aromatic rings. The van der Waals surface area contributed by atoms with Gasteiger partial charge in [0.25, 0.3) is 0 Å². The van der Waals surface area contributed by atoms with Gasteiger partial charge in [-0.05, 0) is 28.5 Å². The van der Waals surface area contributed by atoms with Crippen LogP contribution in [0.25, 0.3) is 0 Å². The molecule has 96 valence electrons. The van der Waals surface area contributed by atoms with Crippen molar-refractivity contribution in [3.05, 3.63) is 52.2 Å². The van der Waals surface area contributed by atoms with E-state index < -0.39 is 6.10 Å². The topological polar surface area (TPSA) is 55.5 Å². The summed E-state index contributed by atoms with van der Waals surface area (Å²) in [5.41, 5.74) is 7.67. The monoisotopic (exact) mass is 263 g/mol. The summed E-state index contributed by atoms with van der Waals surface area (Å²) in [6.07, 6.45) is -0.599. The summed E-state index contributed by atoms with van der Waals surface area (Å²) in [5, 5.41) is 14.3. The average molecular weight is 263 g/mol. The van der Waals surface area contributed by atoms with E-state index in [1.54, 1.807) is 18.4 Å². The molecule has 0 aliphatic rings. The van der Waals surface area contributed by atoms with E-state index in [4.69, 9.17) is 10.5 Å². The number of ether oxygens (including phenoxy) is 1. The van der Waals surface area contributed by atoms with Gasteiger partial charge in [0, 0.05) is 18.0 Å². The fourth-order valence-electron chi connectivity index (χ4n) is 2.07. The Morgan fingerprint density at radius 3 is 2.72 bits per heavy atom. The van der Waals surface area contributed by atoms with Crippen molar-refractivity contribution in [3.63, 3.8) is 0 Å². The van der Waals surface area contributed by atoms with Crippen LogP contribution in [-0.2, 0) is 0 Å². The van der Waals surface area contributed by atoms with E-state index in [9.17, 15) is 5.11 Å². The van der Waals surface area contributed by atoms with Crippen LogP contribution in [0.2, 0.25) is 0 Å². The molecule has 3 nitrogen and oxygen atoms in total. The molecule has 0 bridgehead atoms. The quantitative estimate of drug-likeness (QED) is 0.871. The van der Waals surface area contributed by atoms with Crippen LogP contribution in [0.5, 0.6) is 5.75 Å². The molecule has 0 fully saturated rings. The second-order valence-electron chi connectivity index (χ2n) is 4.09. The Labute approximate surface area is 111 Å². The van der Waals surface area contributed by atoms with E-state index in [1.165, 1.54) is 0 Å². The fourth-order valence-corrected chi connectivity index (χ4v) is 2.76. The maximum atomic E-state index is 10.4. The van der Waals surface area contributed by atoms with E-state index >= 15 is 0 Å². The molecule has 0 radical (unpaired) electrons. The zero-order valence-electron chi connectivity index (χ0n) is 10.2. The number of rotatable bonds is 5. The molecule has 0 saturated carbocycles. The van der Waals surface area contributed by atoms with Crippen LogP contribution < -0.4 is 10.5 Å². The van der Waals surface area contributed by atoms with Gasteiger partial charge in [0.2, 0.25) is 0 Å². The van der Waals surface area contributed by atoms with Crippen molar-refractivity contribution in [2.24, 2.45) is 5.73 Å². The maximum absolute atomic E-state index is 10.4. The highest BCUT2D eigenvalue weighted by molar-refractivity contribution is 7.07. The predicted octanol–water partition coefficient (Wildman–Crippen LogP) is 2.53. The second-order valence-corrected chi connectivity index (χ2v) is 4.87. The number of benzene rings is 1. The highest BCUT2D eigenvalue weighted by Crippen LogP contribution is 2.35. The van der Waals surface area contributed by atoms with E-state index in [0.29, 0.717) is 6.54 Å². The van der Waals surface area contributed by atoms with Crippen LogP contribution in [0.15, 0.2) is 41.1 Å². The molecule has 2 atom stereocenters. The Hall–Kier alpha value is -1.36. The van der Waals surface area contributed by atoms with Gasteiger partial charge in [-0.2, -0.15) is 11.3 Å². The molecule has 1 aromatic heterocycles. The minimum absolute atomic E-state index is 0.157. The van der Waals surface area contributed by atoms with Crippen molar-refractivity contribution in [2.45, 2.75) is 12.0 Å². The fraction of sp³-hybridized carbons (Fsp3) is 0.286. The van der Waals surface area contributed by atoms with E-state index in [2.05, 4.69) is 0 Å². The molecular formula is C14H17NO2S. The average Bonchev–Trinajstić information content (AvgIpc) is 2.94. The van der Waals surface area contributed by atoms with Crippen LogP contribution in [0.3, 0.4) is 0 Å². The first-order chi connectivity index (χ1) is 8.77. The molecule has 2 unspecified atom stereocenters. The summed E-state index contributed by atoms with van der Waals surface area (Å²) in [6.45, 7) is 0.372. The van der Waals surface area contributed by atoms with E-state index in [0.717, 1.165) is 16.9 Å². The van der Waals surface area contributed by atoms with Crippen LogP contribution in [0, 0.1) is 0 Å². The summed E-state index contributed by atoms with van der Waals surface area (Å²) < 4.78 is 5.33. The Kier molecular flexibility index (Phi) is 4.36. The second kappa shape index (κ2) is 6.00. The smallest absolute Gasteiger partial charge is 0.122 e. The van der Waals surface area contributed by atoms with Crippen LogP contribution in [0.4, 0.5) is 0 Å². The van der Waals surface area contributed by atoms with Gasteiger partial charge in [-0.15, -0.1) is 0 Å². The number of hydrogen-bond donors (Lipinski definition) is 2. The summed E-state index contributed by atoms with van der Waals surface area (Å²) in [7, 11) is 1.63. The van der Waals surface area contributed by atoms with E-state index in [-0.39, 0.29) is 5.92 Å². The third-order valence-corrected chi connectivity index (χ3v) is 3.76. The predicted molar refractivity (Wildman–Crippen MR) is 74.1 cm³/mol. The summed E-state index contributed by atoms with van der Waals surface area (Å²) in [5.74, 6) is 0.609. The molecule has 18 heavy (non-hydrogen) atoms. The molecule has 1 aromatic carbocycles. The first-order valence-corrected chi connectivity index (χ1v) is 6.75. The third-order valence-electron chi connectivity index (χ3n) is 3.06. The molecule has 0 amide bonds. The molecule has 2 rings (SSSR count). The molecule has 4 heteroatoms. The number of thiophene rings is 1.